The Morgan fingerprint density at radius 2 is 1.94 bits per heavy atom. The highest BCUT2D eigenvalue weighted by molar-refractivity contribution is 5.78. The first-order valence-electron chi connectivity index (χ1n) is 10.7. The number of amides is 1. The zero-order valence-corrected chi connectivity index (χ0v) is 18.3. The number of nitrogens with one attached hydrogen (secondary N) is 1. The molecule has 32 heavy (non-hydrogen) atoms. The summed E-state index contributed by atoms with van der Waals surface area (Å²) >= 11 is 0. The number of nitrogens with zero attached hydrogens (tertiary/aromatic N) is 3. The third kappa shape index (κ3) is 5.23. The normalized spacial score (nSPS) is 15.2. The molecule has 0 radical (unpaired) electrons. The summed E-state index contributed by atoms with van der Waals surface area (Å²) < 4.78 is 20.1. The number of hydrogen-bond acceptors (Lipinski definition) is 4. The summed E-state index contributed by atoms with van der Waals surface area (Å²) in [5, 5.41) is 7.47. The molecule has 2 heterocycles. The van der Waals surface area contributed by atoms with Crippen molar-refractivity contribution in [3.63, 3.8) is 0 Å². The number of benzene rings is 2. The first kappa shape index (κ1) is 21.8. The lowest BCUT2D eigenvalue weighted by atomic mass is 10.0. The highest BCUT2D eigenvalue weighted by Gasteiger charge is 2.18. The monoisotopic (exact) mass is 434 g/mol. The van der Waals surface area contributed by atoms with E-state index >= 15 is 0 Å². The smallest absolute Gasteiger partial charge is 0.234 e. The lowest BCUT2D eigenvalue weighted by Crippen LogP contribution is -2.40. The number of rotatable bonds is 7. The van der Waals surface area contributed by atoms with Gasteiger partial charge in [0, 0.05) is 24.8 Å². The van der Waals surface area contributed by atoms with Crippen LogP contribution in [0.3, 0.4) is 0 Å². The maximum atomic E-state index is 13.1. The second kappa shape index (κ2) is 9.78. The number of hydrogen-bond donors (Lipinski definition) is 1. The molecule has 0 fully saturated rings. The molecule has 0 saturated carbocycles. The van der Waals surface area contributed by atoms with E-state index in [9.17, 15) is 9.18 Å². The van der Waals surface area contributed by atoms with Crippen LogP contribution in [0.25, 0.3) is 11.3 Å². The van der Waals surface area contributed by atoms with Crippen LogP contribution < -0.4 is 10.1 Å². The summed E-state index contributed by atoms with van der Waals surface area (Å²) in [6, 6.07) is 13.9. The van der Waals surface area contributed by atoms with Crippen molar-refractivity contribution in [3.05, 3.63) is 83.9 Å². The minimum absolute atomic E-state index is 0.00861. The van der Waals surface area contributed by atoms with Crippen molar-refractivity contribution in [3.8, 4) is 11.4 Å². The third-order valence-electron chi connectivity index (χ3n) is 5.70. The van der Waals surface area contributed by atoms with Gasteiger partial charge in [-0.1, -0.05) is 18.2 Å². The Balaban J connectivity index is 1.30. The van der Waals surface area contributed by atoms with Gasteiger partial charge in [-0.15, -0.1) is 0 Å². The van der Waals surface area contributed by atoms with Gasteiger partial charge in [-0.2, -0.15) is 5.10 Å². The van der Waals surface area contributed by atoms with E-state index in [4.69, 9.17) is 4.74 Å². The van der Waals surface area contributed by atoms with Crippen molar-refractivity contribution in [2.45, 2.75) is 19.4 Å². The van der Waals surface area contributed by atoms with E-state index in [2.05, 4.69) is 21.4 Å². The topological polar surface area (TPSA) is 59.4 Å². The molecule has 0 aliphatic carbocycles. The predicted octanol–water partition coefficient (Wildman–Crippen LogP) is 3.99. The van der Waals surface area contributed by atoms with Crippen LogP contribution >= 0.6 is 0 Å². The Hall–Kier alpha value is -3.45. The van der Waals surface area contributed by atoms with Gasteiger partial charge >= 0.3 is 0 Å². The summed E-state index contributed by atoms with van der Waals surface area (Å²) in [5.41, 5.74) is 4.12. The quantitative estimate of drug-likeness (QED) is 0.611. The minimum Gasteiger partial charge on any atom is -0.497 e. The summed E-state index contributed by atoms with van der Waals surface area (Å²) in [6.45, 7) is 3.85. The molecule has 0 bridgehead atoms. The number of methoxy groups -OCH3 is 1. The van der Waals surface area contributed by atoms with Gasteiger partial charge in [0.15, 0.2) is 0 Å². The Bertz CT molecular complexity index is 1090. The summed E-state index contributed by atoms with van der Waals surface area (Å²) in [7, 11) is 1.64. The first-order valence-corrected chi connectivity index (χ1v) is 10.7. The lowest BCUT2D eigenvalue weighted by Gasteiger charge is -2.26. The van der Waals surface area contributed by atoms with Gasteiger partial charge in [0.25, 0.3) is 0 Å². The molecule has 1 aromatic heterocycles. The van der Waals surface area contributed by atoms with Crippen LogP contribution in [-0.4, -0.2) is 47.3 Å². The van der Waals surface area contributed by atoms with Crippen LogP contribution in [0.5, 0.6) is 5.75 Å². The fourth-order valence-electron chi connectivity index (χ4n) is 3.81. The molecule has 1 unspecified atom stereocenters. The molecule has 4 rings (SSSR count). The molecule has 0 saturated heterocycles. The van der Waals surface area contributed by atoms with Crippen molar-refractivity contribution in [2.75, 3.05) is 26.7 Å². The Morgan fingerprint density at radius 1 is 1.19 bits per heavy atom. The van der Waals surface area contributed by atoms with E-state index in [1.807, 2.05) is 43.6 Å². The van der Waals surface area contributed by atoms with Crippen LogP contribution in [0.4, 0.5) is 4.39 Å². The summed E-state index contributed by atoms with van der Waals surface area (Å²) in [6.07, 6.45) is 6.78. The second-order valence-corrected chi connectivity index (χ2v) is 7.93. The van der Waals surface area contributed by atoms with Gasteiger partial charge in [0.2, 0.25) is 5.91 Å². The third-order valence-corrected chi connectivity index (χ3v) is 5.70. The molecule has 166 valence electrons. The zero-order valence-electron chi connectivity index (χ0n) is 18.3. The van der Waals surface area contributed by atoms with Crippen LogP contribution in [-0.2, 0) is 4.79 Å². The molecule has 7 heteroatoms. The fourth-order valence-corrected chi connectivity index (χ4v) is 3.81. The number of halogens is 1. The molecule has 1 atom stereocenters. The van der Waals surface area contributed by atoms with E-state index in [0.717, 1.165) is 35.5 Å². The van der Waals surface area contributed by atoms with Crippen molar-refractivity contribution >= 4 is 11.5 Å². The van der Waals surface area contributed by atoms with Gasteiger partial charge < -0.3 is 10.1 Å². The Morgan fingerprint density at radius 3 is 2.59 bits per heavy atom. The SMILES string of the molecule is COc1ccc(C(C)NC(=O)CN2CC=C(c3cnn(-c4ccc(F)cc4)c3)CC2)cc1. The Kier molecular flexibility index (Phi) is 6.66. The standard InChI is InChI=1S/C25H27FN4O2/c1-18(19-3-9-24(32-2)10-4-19)28-25(31)17-29-13-11-20(12-14-29)21-15-27-30(16-21)23-7-5-22(26)6-8-23/h3-11,15-16,18H,12-14,17H2,1-2H3,(H,28,31). The highest BCUT2D eigenvalue weighted by atomic mass is 19.1. The molecule has 0 spiro atoms. The van der Waals surface area contributed by atoms with E-state index in [1.54, 1.807) is 23.9 Å². The number of carbonyl (C=O) groups excluding carboxylic acids is 1. The zero-order chi connectivity index (χ0) is 22.5. The van der Waals surface area contributed by atoms with Gasteiger partial charge in [-0.3, -0.25) is 9.69 Å². The molecular formula is C25H27FN4O2. The van der Waals surface area contributed by atoms with Crippen molar-refractivity contribution in [1.29, 1.82) is 0 Å². The Labute approximate surface area is 187 Å². The van der Waals surface area contributed by atoms with Gasteiger partial charge in [-0.05, 0) is 60.9 Å². The van der Waals surface area contributed by atoms with Crippen LogP contribution in [0.15, 0.2) is 67.0 Å². The average Bonchev–Trinajstić information content (AvgIpc) is 3.30. The highest BCUT2D eigenvalue weighted by Crippen LogP contribution is 2.23. The van der Waals surface area contributed by atoms with Crippen LogP contribution in [0.2, 0.25) is 0 Å². The molecule has 2 aromatic carbocycles. The van der Waals surface area contributed by atoms with Crippen molar-refractivity contribution in [1.82, 2.24) is 20.0 Å². The van der Waals surface area contributed by atoms with E-state index < -0.39 is 0 Å². The molecule has 1 aliphatic rings. The molecule has 3 aromatic rings. The molecule has 6 nitrogen and oxygen atoms in total. The predicted molar refractivity (Wildman–Crippen MR) is 122 cm³/mol. The van der Waals surface area contributed by atoms with Crippen molar-refractivity contribution in [2.24, 2.45) is 0 Å². The van der Waals surface area contributed by atoms with Crippen LogP contribution in [0, 0.1) is 5.82 Å². The van der Waals surface area contributed by atoms with Gasteiger partial charge in [-0.25, -0.2) is 9.07 Å². The molecule has 1 amide bonds. The van der Waals surface area contributed by atoms with E-state index in [-0.39, 0.29) is 17.8 Å². The van der Waals surface area contributed by atoms with Crippen LogP contribution in [0.1, 0.15) is 30.5 Å². The molecular weight excluding hydrogens is 407 g/mol. The maximum absolute atomic E-state index is 13.1. The first-order chi connectivity index (χ1) is 15.5. The number of ether oxygens (including phenoxy) is 1. The average molecular weight is 435 g/mol. The lowest BCUT2D eigenvalue weighted by molar-refractivity contribution is -0.122. The fraction of sp³-hybridized carbons (Fsp3) is 0.280. The minimum atomic E-state index is -0.265. The van der Waals surface area contributed by atoms with E-state index in [1.165, 1.54) is 17.7 Å². The van der Waals surface area contributed by atoms with E-state index in [0.29, 0.717) is 13.1 Å². The summed E-state index contributed by atoms with van der Waals surface area (Å²) in [4.78, 5) is 14.6. The second-order valence-electron chi connectivity index (χ2n) is 7.93. The van der Waals surface area contributed by atoms with Gasteiger partial charge in [0.05, 0.1) is 31.6 Å². The number of carbonyl (C=O) groups is 1. The largest absolute Gasteiger partial charge is 0.497 e. The van der Waals surface area contributed by atoms with Crippen molar-refractivity contribution < 1.29 is 13.9 Å². The van der Waals surface area contributed by atoms with Gasteiger partial charge in [0.1, 0.15) is 11.6 Å². The maximum Gasteiger partial charge on any atom is 0.234 e. The molecule has 1 N–H and O–H groups in total. The number of aromatic nitrogens is 2. The summed E-state index contributed by atoms with van der Waals surface area (Å²) in [5.74, 6) is 0.541. The molecule has 1 aliphatic heterocycles.